The summed E-state index contributed by atoms with van der Waals surface area (Å²) in [7, 11) is 0. The maximum Gasteiger partial charge on any atom is 0.166 e. The molecule has 0 amide bonds. The molecular formula is C61H44N4S. The minimum absolute atomic E-state index is 0.608. The maximum absolute atomic E-state index is 5.35. The monoisotopic (exact) mass is 864 g/mol. The molecule has 0 N–H and O–H groups in total. The molecule has 0 spiro atoms. The van der Waals surface area contributed by atoms with Gasteiger partial charge in [0, 0.05) is 47.6 Å². The first kappa shape index (κ1) is 39.6. The summed E-state index contributed by atoms with van der Waals surface area (Å²) < 4.78 is 4.98. The van der Waals surface area contributed by atoms with E-state index in [1.54, 1.807) is 0 Å². The third-order valence-electron chi connectivity index (χ3n) is 12.8. The van der Waals surface area contributed by atoms with Gasteiger partial charge in [0.1, 0.15) is 0 Å². The van der Waals surface area contributed by atoms with E-state index in [0.29, 0.717) is 17.5 Å². The van der Waals surface area contributed by atoms with Gasteiger partial charge in [-0.25, -0.2) is 15.0 Å². The second-order valence-electron chi connectivity index (χ2n) is 17.6. The van der Waals surface area contributed by atoms with Crippen molar-refractivity contribution in [3.8, 4) is 73.2 Å². The zero-order chi connectivity index (χ0) is 44.5. The van der Waals surface area contributed by atoms with Gasteiger partial charge in [-0.15, -0.1) is 11.3 Å². The Balaban J connectivity index is 1.14. The normalized spacial score (nSPS) is 11.6. The number of nitrogens with zero attached hydrogens (tertiary/aromatic N) is 4. The molecule has 4 nitrogen and oxygen atoms in total. The molecule has 12 aromatic rings. The second-order valence-corrected chi connectivity index (χ2v) is 18.7. The zero-order valence-electron chi connectivity index (χ0n) is 37.2. The van der Waals surface area contributed by atoms with Gasteiger partial charge in [0.25, 0.3) is 0 Å². The van der Waals surface area contributed by atoms with Gasteiger partial charge >= 0.3 is 0 Å². The van der Waals surface area contributed by atoms with E-state index in [1.165, 1.54) is 75.5 Å². The lowest BCUT2D eigenvalue weighted by molar-refractivity contribution is 1.06. The smallest absolute Gasteiger partial charge is 0.166 e. The van der Waals surface area contributed by atoms with Crippen molar-refractivity contribution in [1.29, 1.82) is 0 Å². The highest BCUT2D eigenvalue weighted by Gasteiger charge is 2.22. The summed E-state index contributed by atoms with van der Waals surface area (Å²) in [6.07, 6.45) is 0. The SMILES string of the molecule is Cc1cc(C)cc(-c2ccc3c(c2)c2cc(-c4cc(C)cc(C)c4)ccc2n3-c2ccc(-c3ccc4c(c3)sc3ccccc34)cc2-c2nc(-c3ccccc3)nc(-c3ccccc3)n2)c1. The standard InChI is InChI=1S/C61H44N4S/c1-37-27-38(2)30-47(29-37)44-21-24-54-51(33-44)52-34-45(48-31-39(3)28-40(4)32-48)22-25-55(52)65(54)56-26-20-43(46-19-23-50-49-17-11-12-18-57(49)66-58(50)36-46)35-53(56)61-63-59(41-13-7-5-8-14-41)62-60(64-61)42-15-9-6-10-16-42/h5-36H,1-4H3. The van der Waals surface area contributed by atoms with E-state index in [9.17, 15) is 0 Å². The van der Waals surface area contributed by atoms with E-state index < -0.39 is 0 Å². The van der Waals surface area contributed by atoms with Gasteiger partial charge in [-0.2, -0.15) is 0 Å². The molecule has 0 saturated carbocycles. The first-order chi connectivity index (χ1) is 32.3. The van der Waals surface area contributed by atoms with Crippen LogP contribution in [0.2, 0.25) is 0 Å². The summed E-state index contributed by atoms with van der Waals surface area (Å²) in [6.45, 7) is 8.71. The van der Waals surface area contributed by atoms with E-state index in [2.05, 4.69) is 190 Å². The van der Waals surface area contributed by atoms with Gasteiger partial charge in [-0.3, -0.25) is 0 Å². The van der Waals surface area contributed by atoms with Crippen molar-refractivity contribution in [2.24, 2.45) is 0 Å². The number of thiophene rings is 1. The fourth-order valence-electron chi connectivity index (χ4n) is 9.85. The van der Waals surface area contributed by atoms with E-state index >= 15 is 0 Å². The lowest BCUT2D eigenvalue weighted by atomic mass is 9.97. The summed E-state index contributed by atoms with van der Waals surface area (Å²) in [4.78, 5) is 15.8. The summed E-state index contributed by atoms with van der Waals surface area (Å²) >= 11 is 1.84. The molecule has 0 saturated heterocycles. The lowest BCUT2D eigenvalue weighted by Crippen LogP contribution is -2.04. The molecule has 5 heteroatoms. The van der Waals surface area contributed by atoms with Crippen LogP contribution < -0.4 is 0 Å². The Bertz CT molecular complexity index is 3650. The number of hydrogen-bond donors (Lipinski definition) is 0. The lowest BCUT2D eigenvalue weighted by Gasteiger charge is -2.17. The molecule has 3 aromatic heterocycles. The molecule has 66 heavy (non-hydrogen) atoms. The molecular weight excluding hydrogens is 821 g/mol. The maximum atomic E-state index is 5.35. The molecule has 3 heterocycles. The topological polar surface area (TPSA) is 43.6 Å². The van der Waals surface area contributed by atoms with Crippen molar-refractivity contribution in [2.75, 3.05) is 0 Å². The Labute approximate surface area is 388 Å². The molecule has 0 unspecified atom stereocenters. The van der Waals surface area contributed by atoms with Crippen LogP contribution in [0.15, 0.2) is 194 Å². The summed E-state index contributed by atoms with van der Waals surface area (Å²) in [6, 6.07) is 70.3. The van der Waals surface area contributed by atoms with Crippen molar-refractivity contribution in [3.63, 3.8) is 0 Å². The van der Waals surface area contributed by atoms with Crippen molar-refractivity contribution < 1.29 is 0 Å². The highest BCUT2D eigenvalue weighted by Crippen LogP contribution is 2.42. The van der Waals surface area contributed by atoms with Gasteiger partial charge in [-0.05, 0) is 110 Å². The molecule has 0 atom stereocenters. The Morgan fingerprint density at radius 2 is 0.773 bits per heavy atom. The predicted octanol–water partition coefficient (Wildman–Crippen LogP) is 16.6. The first-order valence-corrected chi connectivity index (χ1v) is 23.3. The average molecular weight is 865 g/mol. The molecule has 0 fully saturated rings. The van der Waals surface area contributed by atoms with Gasteiger partial charge in [0.05, 0.1) is 16.7 Å². The van der Waals surface area contributed by atoms with Crippen LogP contribution in [0.4, 0.5) is 0 Å². The van der Waals surface area contributed by atoms with E-state index in [1.807, 2.05) is 47.7 Å². The van der Waals surface area contributed by atoms with Crippen LogP contribution in [0.25, 0.3) is 115 Å². The van der Waals surface area contributed by atoms with Crippen LogP contribution in [0.1, 0.15) is 22.3 Å². The van der Waals surface area contributed by atoms with E-state index in [-0.39, 0.29) is 0 Å². The number of aromatic nitrogens is 4. The fraction of sp³-hybridized carbons (Fsp3) is 0.0656. The van der Waals surface area contributed by atoms with Gasteiger partial charge in [0.15, 0.2) is 17.5 Å². The van der Waals surface area contributed by atoms with Crippen LogP contribution >= 0.6 is 11.3 Å². The molecule has 12 rings (SSSR count). The van der Waals surface area contributed by atoms with Crippen LogP contribution in [-0.4, -0.2) is 19.5 Å². The van der Waals surface area contributed by atoms with Gasteiger partial charge in [0.2, 0.25) is 0 Å². The van der Waals surface area contributed by atoms with Gasteiger partial charge < -0.3 is 4.57 Å². The van der Waals surface area contributed by atoms with Crippen molar-refractivity contribution in [1.82, 2.24) is 19.5 Å². The number of rotatable bonds is 7. The first-order valence-electron chi connectivity index (χ1n) is 22.5. The third kappa shape index (κ3) is 7.05. The summed E-state index contributed by atoms with van der Waals surface area (Å²) in [5.41, 5.74) is 18.0. The molecule has 0 radical (unpaired) electrons. The van der Waals surface area contributed by atoms with E-state index in [0.717, 1.165) is 44.5 Å². The number of hydrogen-bond acceptors (Lipinski definition) is 4. The molecule has 0 aliphatic rings. The fourth-order valence-corrected chi connectivity index (χ4v) is 11.0. The van der Waals surface area contributed by atoms with Crippen molar-refractivity contribution >= 4 is 53.3 Å². The van der Waals surface area contributed by atoms with Crippen molar-refractivity contribution in [2.45, 2.75) is 27.7 Å². The van der Waals surface area contributed by atoms with Crippen LogP contribution in [0.5, 0.6) is 0 Å². The highest BCUT2D eigenvalue weighted by molar-refractivity contribution is 7.25. The molecule has 0 bridgehead atoms. The summed E-state index contributed by atoms with van der Waals surface area (Å²) in [5.74, 6) is 1.86. The van der Waals surface area contributed by atoms with Crippen molar-refractivity contribution in [3.05, 3.63) is 216 Å². The Kier molecular flexibility index (Phi) is 9.55. The minimum atomic E-state index is 0.608. The second kappa shape index (κ2) is 15.9. The Morgan fingerprint density at radius 1 is 0.318 bits per heavy atom. The van der Waals surface area contributed by atoms with Gasteiger partial charge in [-0.1, -0.05) is 168 Å². The number of aryl methyl sites for hydroxylation is 4. The average Bonchev–Trinajstić information content (AvgIpc) is 3.88. The quantitative estimate of drug-likeness (QED) is 0.160. The van der Waals surface area contributed by atoms with Crippen LogP contribution in [0, 0.1) is 27.7 Å². The highest BCUT2D eigenvalue weighted by atomic mass is 32.1. The Hall–Kier alpha value is -7.99. The molecule has 0 aliphatic carbocycles. The van der Waals surface area contributed by atoms with Crippen LogP contribution in [-0.2, 0) is 0 Å². The Morgan fingerprint density at radius 3 is 1.35 bits per heavy atom. The largest absolute Gasteiger partial charge is 0.308 e. The number of fused-ring (bicyclic) bond motifs is 6. The molecule has 0 aliphatic heterocycles. The predicted molar refractivity (Wildman–Crippen MR) is 279 cm³/mol. The summed E-state index contributed by atoms with van der Waals surface area (Å²) in [5, 5.41) is 4.94. The molecule has 314 valence electrons. The van der Waals surface area contributed by atoms with E-state index in [4.69, 9.17) is 15.0 Å². The minimum Gasteiger partial charge on any atom is -0.308 e. The molecule has 9 aromatic carbocycles. The number of benzene rings is 9. The third-order valence-corrected chi connectivity index (χ3v) is 13.9. The van der Waals surface area contributed by atoms with Crippen LogP contribution in [0.3, 0.4) is 0 Å². The zero-order valence-corrected chi connectivity index (χ0v) is 38.0.